The fourth-order valence-electron chi connectivity index (χ4n) is 2.08. The Morgan fingerprint density at radius 2 is 2.22 bits per heavy atom. The maximum Gasteiger partial charge on any atom is 0.193 e. The highest BCUT2D eigenvalue weighted by Gasteiger charge is 2.21. The number of ether oxygens (including phenoxy) is 1. The van der Waals surface area contributed by atoms with Gasteiger partial charge in [0.15, 0.2) is 5.96 Å². The highest BCUT2D eigenvalue weighted by atomic mass is 127. The summed E-state index contributed by atoms with van der Waals surface area (Å²) in [6, 6.07) is 4.67. The molecule has 1 N–H and O–H groups in total. The first-order valence-corrected chi connectivity index (χ1v) is 8.33. The minimum atomic E-state index is -0.239. The summed E-state index contributed by atoms with van der Waals surface area (Å²) in [6.45, 7) is 2.85. The van der Waals surface area contributed by atoms with Crippen molar-refractivity contribution in [3.05, 3.63) is 34.1 Å². The topological polar surface area (TPSA) is 36.9 Å². The summed E-state index contributed by atoms with van der Waals surface area (Å²) >= 11 is 3.43. The van der Waals surface area contributed by atoms with Crippen LogP contribution in [0.5, 0.6) is 0 Å². The first-order valence-electron chi connectivity index (χ1n) is 7.53. The Kier molecular flexibility index (Phi) is 9.38. The van der Waals surface area contributed by atoms with Gasteiger partial charge in [0.05, 0.1) is 6.61 Å². The highest BCUT2D eigenvalue weighted by molar-refractivity contribution is 14.0. The average Bonchev–Trinajstić information content (AvgIpc) is 3.32. The van der Waals surface area contributed by atoms with E-state index >= 15 is 0 Å². The van der Waals surface area contributed by atoms with Crippen molar-refractivity contribution >= 4 is 45.9 Å². The van der Waals surface area contributed by atoms with Crippen LogP contribution in [0.15, 0.2) is 27.7 Å². The van der Waals surface area contributed by atoms with Gasteiger partial charge in [-0.2, -0.15) is 0 Å². The Bertz CT molecular complexity index is 526. The number of halogens is 3. The van der Waals surface area contributed by atoms with Crippen LogP contribution in [0.1, 0.15) is 18.4 Å². The normalized spacial score (nSPS) is 14.3. The molecule has 0 radical (unpaired) electrons. The maximum absolute atomic E-state index is 13.3. The molecule has 1 aromatic carbocycles. The molecule has 1 aliphatic carbocycles. The van der Waals surface area contributed by atoms with Crippen molar-refractivity contribution in [1.29, 1.82) is 0 Å². The van der Waals surface area contributed by atoms with Crippen molar-refractivity contribution in [2.75, 3.05) is 33.9 Å². The number of hydrogen-bond donors (Lipinski definition) is 1. The van der Waals surface area contributed by atoms with Gasteiger partial charge in [0.2, 0.25) is 0 Å². The van der Waals surface area contributed by atoms with E-state index in [1.165, 1.54) is 25.0 Å². The molecule has 0 amide bonds. The second kappa shape index (κ2) is 10.5. The predicted octanol–water partition coefficient (Wildman–Crippen LogP) is 3.64. The molecule has 0 heterocycles. The molecule has 1 saturated carbocycles. The molecule has 2 rings (SSSR count). The summed E-state index contributed by atoms with van der Waals surface area (Å²) in [4.78, 5) is 6.26. The molecular formula is C16H24BrFIN3O. The van der Waals surface area contributed by atoms with Crippen molar-refractivity contribution in [2.45, 2.75) is 19.4 Å². The number of guanidine groups is 1. The number of nitrogens with one attached hydrogen (secondary N) is 1. The van der Waals surface area contributed by atoms with Crippen LogP contribution in [0.3, 0.4) is 0 Å². The third-order valence-electron chi connectivity index (χ3n) is 3.64. The number of aliphatic imine (C=N–C) groups is 1. The standard InChI is InChI=1S/C16H23BrFN3O.HI/c1-19-16(21(2)7-8-22-11-12-3-4-12)20-10-13-9-14(18)5-6-15(13)17;/h5-6,9,12H,3-4,7-8,10-11H2,1-2H3,(H,19,20);1H. The highest BCUT2D eigenvalue weighted by Crippen LogP contribution is 2.28. The lowest BCUT2D eigenvalue weighted by Crippen LogP contribution is -2.40. The van der Waals surface area contributed by atoms with Crippen LogP contribution in [0.25, 0.3) is 0 Å². The number of hydrogen-bond acceptors (Lipinski definition) is 2. The molecule has 7 heteroatoms. The molecule has 0 aliphatic heterocycles. The van der Waals surface area contributed by atoms with Crippen molar-refractivity contribution in [3.8, 4) is 0 Å². The SMILES string of the molecule is CN=C(NCc1cc(F)ccc1Br)N(C)CCOCC1CC1.I. The summed E-state index contributed by atoms with van der Waals surface area (Å²) in [5.74, 6) is 1.32. The number of benzene rings is 1. The van der Waals surface area contributed by atoms with Gasteiger partial charge in [0.25, 0.3) is 0 Å². The van der Waals surface area contributed by atoms with Crippen LogP contribution in [0.4, 0.5) is 4.39 Å². The largest absolute Gasteiger partial charge is 0.379 e. The van der Waals surface area contributed by atoms with Gasteiger partial charge < -0.3 is 15.0 Å². The van der Waals surface area contributed by atoms with Crippen molar-refractivity contribution in [3.63, 3.8) is 0 Å². The second-order valence-electron chi connectivity index (χ2n) is 5.58. The molecule has 0 atom stereocenters. The molecule has 1 aliphatic rings. The Morgan fingerprint density at radius 1 is 1.48 bits per heavy atom. The smallest absolute Gasteiger partial charge is 0.193 e. The summed E-state index contributed by atoms with van der Waals surface area (Å²) in [7, 11) is 3.71. The van der Waals surface area contributed by atoms with Crippen LogP contribution < -0.4 is 5.32 Å². The first kappa shape index (κ1) is 20.6. The third kappa shape index (κ3) is 7.34. The van der Waals surface area contributed by atoms with Gasteiger partial charge in [-0.15, -0.1) is 24.0 Å². The zero-order chi connectivity index (χ0) is 15.9. The van der Waals surface area contributed by atoms with E-state index in [4.69, 9.17) is 4.74 Å². The minimum Gasteiger partial charge on any atom is -0.379 e. The van der Waals surface area contributed by atoms with E-state index in [1.54, 1.807) is 13.1 Å². The van der Waals surface area contributed by atoms with Crippen LogP contribution in [-0.2, 0) is 11.3 Å². The molecule has 4 nitrogen and oxygen atoms in total. The maximum atomic E-state index is 13.3. The Labute approximate surface area is 163 Å². The van der Waals surface area contributed by atoms with Crippen LogP contribution in [-0.4, -0.2) is 44.7 Å². The van der Waals surface area contributed by atoms with Gasteiger partial charge in [0.1, 0.15) is 5.82 Å². The van der Waals surface area contributed by atoms with Gasteiger partial charge in [-0.1, -0.05) is 15.9 Å². The van der Waals surface area contributed by atoms with E-state index in [0.717, 1.165) is 35.1 Å². The fourth-order valence-corrected chi connectivity index (χ4v) is 2.47. The van der Waals surface area contributed by atoms with E-state index in [-0.39, 0.29) is 29.8 Å². The van der Waals surface area contributed by atoms with Crippen molar-refractivity contribution in [2.24, 2.45) is 10.9 Å². The Hall–Kier alpha value is -0.410. The monoisotopic (exact) mass is 499 g/mol. The first-order chi connectivity index (χ1) is 10.6. The molecule has 0 unspecified atom stereocenters. The van der Waals surface area contributed by atoms with Gasteiger partial charge in [-0.25, -0.2) is 4.39 Å². The lowest BCUT2D eigenvalue weighted by Gasteiger charge is -2.22. The van der Waals surface area contributed by atoms with Gasteiger partial charge in [-0.05, 0) is 42.5 Å². The molecule has 0 spiro atoms. The quantitative estimate of drug-likeness (QED) is 0.269. The molecule has 0 saturated heterocycles. The van der Waals surface area contributed by atoms with Gasteiger partial charge >= 0.3 is 0 Å². The molecule has 1 aromatic rings. The van der Waals surface area contributed by atoms with E-state index in [9.17, 15) is 4.39 Å². The lowest BCUT2D eigenvalue weighted by molar-refractivity contribution is 0.115. The molecule has 130 valence electrons. The number of nitrogens with zero attached hydrogens (tertiary/aromatic N) is 2. The van der Waals surface area contributed by atoms with Crippen molar-refractivity contribution in [1.82, 2.24) is 10.2 Å². The van der Waals surface area contributed by atoms with Crippen molar-refractivity contribution < 1.29 is 9.13 Å². The lowest BCUT2D eigenvalue weighted by atomic mass is 10.2. The van der Waals surface area contributed by atoms with E-state index in [0.29, 0.717) is 13.2 Å². The van der Waals surface area contributed by atoms with Crippen LogP contribution >= 0.6 is 39.9 Å². The molecule has 0 aromatic heterocycles. The van der Waals surface area contributed by atoms with Gasteiger partial charge in [-0.3, -0.25) is 4.99 Å². The molecule has 23 heavy (non-hydrogen) atoms. The Balaban J connectivity index is 0.00000264. The van der Waals surface area contributed by atoms with Gasteiger partial charge in [0, 0.05) is 38.3 Å². The molecule has 1 fully saturated rings. The number of rotatable bonds is 7. The zero-order valence-electron chi connectivity index (χ0n) is 13.5. The van der Waals surface area contributed by atoms with E-state index < -0.39 is 0 Å². The number of likely N-dealkylation sites (N-methyl/N-ethyl adjacent to an activating group) is 1. The summed E-state index contributed by atoms with van der Waals surface area (Å²) in [5.41, 5.74) is 0.861. The average molecular weight is 500 g/mol. The van der Waals surface area contributed by atoms with Crippen LogP contribution in [0, 0.1) is 11.7 Å². The third-order valence-corrected chi connectivity index (χ3v) is 4.41. The summed E-state index contributed by atoms with van der Waals surface area (Å²) in [5, 5.41) is 3.24. The summed E-state index contributed by atoms with van der Waals surface area (Å²) < 4.78 is 19.8. The Morgan fingerprint density at radius 3 is 2.87 bits per heavy atom. The minimum absolute atomic E-state index is 0. The fraction of sp³-hybridized carbons (Fsp3) is 0.562. The van der Waals surface area contributed by atoms with E-state index in [1.807, 2.05) is 11.9 Å². The van der Waals surface area contributed by atoms with Crippen LogP contribution in [0.2, 0.25) is 0 Å². The predicted molar refractivity (Wildman–Crippen MR) is 106 cm³/mol. The zero-order valence-corrected chi connectivity index (χ0v) is 17.4. The molecular weight excluding hydrogens is 476 g/mol. The molecule has 0 bridgehead atoms. The summed E-state index contributed by atoms with van der Waals surface area (Å²) in [6.07, 6.45) is 2.61. The second-order valence-corrected chi connectivity index (χ2v) is 6.43. The van der Waals surface area contributed by atoms with E-state index in [2.05, 4.69) is 26.2 Å².